The Morgan fingerprint density at radius 2 is 0.512 bits per heavy atom. The van der Waals surface area contributed by atoms with Gasteiger partial charge in [-0.05, 0) is 49.4 Å². The molecule has 82 heavy (non-hydrogen) atoms. The molecule has 486 valence electrons. The summed E-state index contributed by atoms with van der Waals surface area (Å²) in [5.74, 6) is 0.676. The van der Waals surface area contributed by atoms with Crippen molar-refractivity contribution in [2.45, 2.75) is 318 Å². The zero-order valence-electron chi connectivity index (χ0n) is 53.1. The minimum absolute atomic E-state index is 0.101. The minimum atomic E-state index is -4.94. The van der Waals surface area contributed by atoms with Crippen LogP contribution in [0.5, 0.6) is 0 Å². The molecule has 3 N–H and O–H groups in total. The van der Waals surface area contributed by atoms with Gasteiger partial charge in [-0.15, -0.1) is 0 Å². The lowest BCUT2D eigenvalue weighted by atomic mass is 10.0. The molecule has 0 amide bonds. The largest absolute Gasteiger partial charge is 0.472 e. The molecule has 19 heteroatoms. The third-order valence-electron chi connectivity index (χ3n) is 14.3. The first-order valence-electron chi connectivity index (χ1n) is 32.7. The second kappa shape index (κ2) is 53.3. The first kappa shape index (κ1) is 80.1. The Morgan fingerprint density at radius 3 is 0.756 bits per heavy atom. The molecule has 0 radical (unpaired) electrons. The van der Waals surface area contributed by atoms with Crippen LogP contribution in [0.1, 0.15) is 299 Å². The van der Waals surface area contributed by atoms with Gasteiger partial charge in [0, 0.05) is 25.7 Å². The number of unbranched alkanes of at least 4 members (excludes halogenated alkanes) is 26. The van der Waals surface area contributed by atoms with E-state index in [0.717, 1.165) is 102 Å². The van der Waals surface area contributed by atoms with Gasteiger partial charge in [-0.2, -0.15) is 0 Å². The molecular weight excluding hydrogens is 1090 g/mol. The van der Waals surface area contributed by atoms with Gasteiger partial charge in [-0.25, -0.2) is 9.13 Å². The van der Waals surface area contributed by atoms with Gasteiger partial charge < -0.3 is 33.8 Å². The molecule has 0 aromatic rings. The molecule has 0 spiro atoms. The second-order valence-electron chi connectivity index (χ2n) is 24.7. The van der Waals surface area contributed by atoms with Crippen molar-refractivity contribution in [2.24, 2.45) is 23.7 Å². The number of hydrogen-bond donors (Lipinski definition) is 3. The van der Waals surface area contributed by atoms with Crippen LogP contribution >= 0.6 is 15.6 Å². The van der Waals surface area contributed by atoms with Crippen LogP contribution in [0, 0.1) is 23.7 Å². The van der Waals surface area contributed by atoms with E-state index in [1.54, 1.807) is 0 Å². The quantitative estimate of drug-likeness (QED) is 0.0222. The predicted octanol–water partition coefficient (Wildman–Crippen LogP) is 17.0. The average molecular weight is 1210 g/mol. The molecular formula is C63H122O17P2. The molecule has 0 saturated heterocycles. The van der Waals surface area contributed by atoms with Gasteiger partial charge in [0.05, 0.1) is 26.4 Å². The van der Waals surface area contributed by atoms with Crippen molar-refractivity contribution in [3.8, 4) is 0 Å². The molecule has 0 aliphatic carbocycles. The maximum Gasteiger partial charge on any atom is 0.472 e. The van der Waals surface area contributed by atoms with Crippen molar-refractivity contribution in [3.05, 3.63) is 0 Å². The number of ether oxygens (including phenoxy) is 4. The van der Waals surface area contributed by atoms with Gasteiger partial charge in [0.2, 0.25) is 0 Å². The monoisotopic (exact) mass is 1210 g/mol. The number of aliphatic hydroxyl groups is 1. The lowest BCUT2D eigenvalue weighted by Crippen LogP contribution is -2.30. The van der Waals surface area contributed by atoms with E-state index in [9.17, 15) is 43.2 Å². The van der Waals surface area contributed by atoms with Crippen molar-refractivity contribution in [1.82, 2.24) is 0 Å². The summed E-state index contributed by atoms with van der Waals surface area (Å²) in [6.07, 6.45) is 32.5. The number of aliphatic hydroxyl groups excluding tert-OH is 1. The average Bonchev–Trinajstić information content (AvgIpc) is 3.41. The first-order valence-corrected chi connectivity index (χ1v) is 35.7. The predicted molar refractivity (Wildman–Crippen MR) is 326 cm³/mol. The highest BCUT2D eigenvalue weighted by Crippen LogP contribution is 2.45. The molecule has 5 atom stereocenters. The van der Waals surface area contributed by atoms with Crippen LogP contribution in [0.4, 0.5) is 0 Å². The summed E-state index contributed by atoms with van der Waals surface area (Å²) < 4.78 is 67.9. The van der Waals surface area contributed by atoms with Crippen LogP contribution in [0.3, 0.4) is 0 Å². The van der Waals surface area contributed by atoms with E-state index >= 15 is 0 Å². The van der Waals surface area contributed by atoms with Crippen LogP contribution in [-0.2, 0) is 65.4 Å². The third kappa shape index (κ3) is 57.2. The number of hydrogen-bond acceptors (Lipinski definition) is 15. The van der Waals surface area contributed by atoms with Gasteiger partial charge in [-0.1, -0.05) is 248 Å². The SMILES string of the molecule is CC(C)CCCCCCCCCCCCC(=O)OC[C@H](COP(=O)(O)OCC(O)COP(=O)(O)OC[C@@H](COC(=O)CCCCCCCCCCC(C)C)OC(=O)CCCCCCCCC(C)C)OC(=O)CCCCCCCCC(C)C. The molecule has 3 unspecified atom stereocenters. The zero-order chi connectivity index (χ0) is 61.1. The molecule has 0 aliphatic heterocycles. The fraction of sp³-hybridized carbons (Fsp3) is 0.937. The Bertz CT molecular complexity index is 1640. The minimum Gasteiger partial charge on any atom is -0.462 e. The molecule has 0 aliphatic rings. The summed E-state index contributed by atoms with van der Waals surface area (Å²) in [6, 6.07) is 0. The van der Waals surface area contributed by atoms with Gasteiger partial charge >= 0.3 is 39.5 Å². The normalized spacial score (nSPS) is 14.5. The van der Waals surface area contributed by atoms with Crippen molar-refractivity contribution in [1.29, 1.82) is 0 Å². The van der Waals surface area contributed by atoms with Crippen molar-refractivity contribution < 1.29 is 80.2 Å². The van der Waals surface area contributed by atoms with Gasteiger partial charge in [0.1, 0.15) is 19.3 Å². The molecule has 0 rings (SSSR count). The van der Waals surface area contributed by atoms with E-state index in [1.165, 1.54) is 103 Å². The molecule has 0 aromatic heterocycles. The molecule has 0 fully saturated rings. The molecule has 0 bridgehead atoms. The Hall–Kier alpha value is -1.94. The second-order valence-corrected chi connectivity index (χ2v) is 27.6. The van der Waals surface area contributed by atoms with Crippen molar-refractivity contribution >= 4 is 39.5 Å². The van der Waals surface area contributed by atoms with Gasteiger partial charge in [0.15, 0.2) is 12.2 Å². The van der Waals surface area contributed by atoms with Gasteiger partial charge in [0.25, 0.3) is 0 Å². The molecule has 0 heterocycles. The third-order valence-corrected chi connectivity index (χ3v) is 16.2. The van der Waals surface area contributed by atoms with E-state index in [1.807, 2.05) is 0 Å². The lowest BCUT2D eigenvalue weighted by molar-refractivity contribution is -0.161. The lowest BCUT2D eigenvalue weighted by Gasteiger charge is -2.21. The van der Waals surface area contributed by atoms with Crippen LogP contribution < -0.4 is 0 Å². The molecule has 0 aromatic carbocycles. The summed E-state index contributed by atoms with van der Waals surface area (Å²) in [5, 5.41) is 10.5. The maximum atomic E-state index is 12.9. The fourth-order valence-corrected chi connectivity index (χ4v) is 10.8. The Labute approximate surface area is 498 Å². The van der Waals surface area contributed by atoms with Gasteiger partial charge in [-0.3, -0.25) is 37.3 Å². The maximum absolute atomic E-state index is 12.9. The summed E-state index contributed by atoms with van der Waals surface area (Å²) >= 11 is 0. The fourth-order valence-electron chi connectivity index (χ4n) is 9.25. The van der Waals surface area contributed by atoms with Crippen molar-refractivity contribution in [2.75, 3.05) is 39.6 Å². The van der Waals surface area contributed by atoms with Crippen LogP contribution in [0.2, 0.25) is 0 Å². The van der Waals surface area contributed by atoms with E-state index in [2.05, 4.69) is 55.4 Å². The summed E-state index contributed by atoms with van der Waals surface area (Å²) in [7, 11) is -9.89. The Kier molecular flexibility index (Phi) is 52.0. The number of esters is 4. The number of phosphoric ester groups is 2. The summed E-state index contributed by atoms with van der Waals surface area (Å²) in [5.41, 5.74) is 0. The van der Waals surface area contributed by atoms with Crippen LogP contribution in [0.25, 0.3) is 0 Å². The van der Waals surface area contributed by atoms with Crippen molar-refractivity contribution in [3.63, 3.8) is 0 Å². The number of carbonyl (C=O) groups is 4. The summed E-state index contributed by atoms with van der Waals surface area (Å²) in [6.45, 7) is 13.9. The molecule has 17 nitrogen and oxygen atoms in total. The molecule has 0 saturated carbocycles. The standard InChI is InChI=1S/C63H122O17P2/c1-53(2)39-31-23-15-11-9-10-12-17-27-35-43-60(65)73-49-58(79-62(67)45-37-29-21-19-25-33-41-55(5)6)51-77-81(69,70)75-47-57(64)48-76-82(71,72)78-52-59(80-63(68)46-38-30-22-20-26-34-42-56(7)8)50-74-61(66)44-36-28-18-14-13-16-24-32-40-54(3)4/h53-59,64H,9-52H2,1-8H3,(H,69,70)(H,71,72)/t57?,58-,59-/m1/s1. The highest BCUT2D eigenvalue weighted by molar-refractivity contribution is 7.47. The smallest absolute Gasteiger partial charge is 0.462 e. The Morgan fingerprint density at radius 1 is 0.305 bits per heavy atom. The number of phosphoric acid groups is 2. The van der Waals surface area contributed by atoms with Crippen LogP contribution in [0.15, 0.2) is 0 Å². The van der Waals surface area contributed by atoms with E-state index in [0.29, 0.717) is 37.5 Å². The summed E-state index contributed by atoms with van der Waals surface area (Å²) in [4.78, 5) is 72.1. The number of carbonyl (C=O) groups excluding carboxylic acids is 4. The highest BCUT2D eigenvalue weighted by atomic mass is 31.2. The Balaban J connectivity index is 5.22. The van der Waals surface area contributed by atoms with E-state index in [-0.39, 0.29) is 25.7 Å². The first-order chi connectivity index (χ1) is 39.1. The zero-order valence-corrected chi connectivity index (χ0v) is 54.9. The highest BCUT2D eigenvalue weighted by Gasteiger charge is 2.30. The van der Waals surface area contributed by atoms with Crippen LogP contribution in [-0.4, -0.2) is 96.7 Å². The topological polar surface area (TPSA) is 237 Å². The van der Waals surface area contributed by atoms with E-state index < -0.39 is 97.5 Å². The number of rotatable bonds is 60. The van der Waals surface area contributed by atoms with E-state index in [4.69, 9.17) is 37.0 Å².